The third-order valence-electron chi connectivity index (χ3n) is 4.14. The van der Waals surface area contributed by atoms with Gasteiger partial charge in [0.15, 0.2) is 0 Å². The van der Waals surface area contributed by atoms with Crippen LogP contribution in [-0.4, -0.2) is 27.1 Å². The largest absolute Gasteiger partial charge is 0.488 e. The minimum Gasteiger partial charge on any atom is -0.423 e. The maximum atomic E-state index is 9.18. The Hall–Kier alpha value is -2.80. The van der Waals surface area contributed by atoms with Crippen molar-refractivity contribution in [3.8, 4) is 33.0 Å². The summed E-state index contributed by atoms with van der Waals surface area (Å²) >= 11 is 1.60. The Morgan fingerprint density at radius 1 is 0.769 bits per heavy atom. The molecule has 4 aromatic rings. The Bertz CT molecular complexity index is 1000. The molecule has 6 heteroatoms. The van der Waals surface area contributed by atoms with Gasteiger partial charge in [-0.3, -0.25) is 4.98 Å². The van der Waals surface area contributed by atoms with Crippen molar-refractivity contribution in [1.82, 2.24) is 9.97 Å². The van der Waals surface area contributed by atoms with Crippen molar-refractivity contribution >= 4 is 23.9 Å². The molecular weight excluding hydrogens is 343 g/mol. The number of pyridine rings is 1. The Morgan fingerprint density at radius 2 is 1.42 bits per heavy atom. The second-order valence-electron chi connectivity index (χ2n) is 5.85. The summed E-state index contributed by atoms with van der Waals surface area (Å²) in [6.45, 7) is 0. The molecule has 0 aliphatic rings. The molecule has 0 bridgehead atoms. The molecule has 0 atom stereocenters. The highest BCUT2D eigenvalue weighted by atomic mass is 32.1. The Kier molecular flexibility index (Phi) is 4.62. The fraction of sp³-hybridized carbons (Fsp3) is 0. The van der Waals surface area contributed by atoms with Gasteiger partial charge in [-0.1, -0.05) is 48.5 Å². The fourth-order valence-corrected chi connectivity index (χ4v) is 3.53. The molecule has 0 saturated heterocycles. The van der Waals surface area contributed by atoms with E-state index in [1.54, 1.807) is 29.7 Å². The van der Waals surface area contributed by atoms with E-state index >= 15 is 0 Å². The number of hydrogen-bond donors (Lipinski definition) is 2. The summed E-state index contributed by atoms with van der Waals surface area (Å²) in [7, 11) is -1.44. The van der Waals surface area contributed by atoms with Gasteiger partial charge in [-0.05, 0) is 28.7 Å². The molecule has 2 N–H and O–H groups in total. The molecule has 0 saturated carbocycles. The van der Waals surface area contributed by atoms with Crippen LogP contribution < -0.4 is 5.46 Å². The molecule has 0 fully saturated rings. The van der Waals surface area contributed by atoms with Gasteiger partial charge in [0, 0.05) is 28.9 Å². The van der Waals surface area contributed by atoms with Gasteiger partial charge >= 0.3 is 7.12 Å². The number of benzene rings is 2. The summed E-state index contributed by atoms with van der Waals surface area (Å²) in [5, 5.41) is 21.4. The molecule has 0 spiro atoms. The lowest BCUT2D eigenvalue weighted by Gasteiger charge is -2.05. The molecule has 4 nitrogen and oxygen atoms in total. The van der Waals surface area contributed by atoms with Crippen LogP contribution in [0.4, 0.5) is 0 Å². The minimum atomic E-state index is -1.44. The highest BCUT2D eigenvalue weighted by Crippen LogP contribution is 2.29. The van der Waals surface area contributed by atoms with Crippen LogP contribution in [0, 0.1) is 0 Å². The van der Waals surface area contributed by atoms with Crippen molar-refractivity contribution in [1.29, 1.82) is 0 Å². The molecule has 0 amide bonds. The van der Waals surface area contributed by atoms with Gasteiger partial charge in [0.2, 0.25) is 0 Å². The van der Waals surface area contributed by atoms with Gasteiger partial charge in [0.25, 0.3) is 0 Å². The average molecular weight is 358 g/mol. The molecule has 126 valence electrons. The van der Waals surface area contributed by atoms with E-state index in [9.17, 15) is 10.0 Å². The highest BCUT2D eigenvalue weighted by Gasteiger charge is 2.10. The topological polar surface area (TPSA) is 66.2 Å². The van der Waals surface area contributed by atoms with Gasteiger partial charge in [-0.15, -0.1) is 11.3 Å². The molecule has 2 aromatic heterocycles. The standard InChI is InChI=1S/C20H15BN2O2S/c24-21(25)18-9-7-15(8-10-18)14-3-5-16(6-4-14)19-13-26-20(23-19)17-2-1-11-22-12-17/h1-13,24-25H. The zero-order chi connectivity index (χ0) is 17.9. The first-order valence-corrected chi connectivity index (χ1v) is 9.01. The summed E-state index contributed by atoms with van der Waals surface area (Å²) in [4.78, 5) is 8.85. The molecule has 2 aromatic carbocycles. The summed E-state index contributed by atoms with van der Waals surface area (Å²) < 4.78 is 0. The zero-order valence-corrected chi connectivity index (χ0v) is 14.6. The number of aromatic nitrogens is 2. The van der Waals surface area contributed by atoms with Gasteiger partial charge < -0.3 is 10.0 Å². The van der Waals surface area contributed by atoms with Crippen LogP contribution in [0.25, 0.3) is 33.0 Å². The number of hydrogen-bond acceptors (Lipinski definition) is 5. The Morgan fingerprint density at radius 3 is 2.04 bits per heavy atom. The van der Waals surface area contributed by atoms with Crippen LogP contribution in [0.5, 0.6) is 0 Å². The summed E-state index contributed by atoms with van der Waals surface area (Å²) in [5.74, 6) is 0. The molecular formula is C20H15BN2O2S. The Balaban J connectivity index is 1.57. The van der Waals surface area contributed by atoms with E-state index in [4.69, 9.17) is 4.98 Å². The highest BCUT2D eigenvalue weighted by molar-refractivity contribution is 7.13. The summed E-state index contributed by atoms with van der Waals surface area (Å²) in [5.41, 5.74) is 5.59. The quantitative estimate of drug-likeness (QED) is 0.550. The van der Waals surface area contributed by atoms with E-state index in [2.05, 4.69) is 10.4 Å². The lowest BCUT2D eigenvalue weighted by atomic mass is 9.80. The van der Waals surface area contributed by atoms with E-state index in [0.717, 1.165) is 33.0 Å². The van der Waals surface area contributed by atoms with E-state index in [1.807, 2.05) is 54.7 Å². The maximum Gasteiger partial charge on any atom is 0.488 e. The van der Waals surface area contributed by atoms with E-state index in [0.29, 0.717) is 5.46 Å². The van der Waals surface area contributed by atoms with Crippen molar-refractivity contribution in [2.24, 2.45) is 0 Å². The van der Waals surface area contributed by atoms with Crippen molar-refractivity contribution in [2.75, 3.05) is 0 Å². The van der Waals surface area contributed by atoms with Crippen molar-refractivity contribution in [3.63, 3.8) is 0 Å². The number of nitrogens with zero attached hydrogens (tertiary/aromatic N) is 2. The van der Waals surface area contributed by atoms with Crippen LogP contribution in [0.15, 0.2) is 78.4 Å². The Labute approximate surface area is 155 Å². The predicted molar refractivity (Wildman–Crippen MR) is 106 cm³/mol. The number of thiazole rings is 1. The fourth-order valence-electron chi connectivity index (χ4n) is 2.71. The van der Waals surface area contributed by atoms with Crippen LogP contribution in [0.2, 0.25) is 0 Å². The molecule has 4 rings (SSSR count). The smallest absolute Gasteiger partial charge is 0.423 e. The van der Waals surface area contributed by atoms with Gasteiger partial charge in [0.05, 0.1) is 5.69 Å². The predicted octanol–water partition coefficient (Wildman–Crippen LogP) is 3.22. The van der Waals surface area contributed by atoms with Crippen molar-refractivity contribution in [2.45, 2.75) is 0 Å². The minimum absolute atomic E-state index is 0.482. The summed E-state index contributed by atoms with van der Waals surface area (Å²) in [6, 6.07) is 19.3. The third kappa shape index (κ3) is 3.43. The molecule has 0 aliphatic carbocycles. The zero-order valence-electron chi connectivity index (χ0n) is 13.8. The van der Waals surface area contributed by atoms with Gasteiger partial charge in [-0.2, -0.15) is 0 Å². The number of rotatable bonds is 4. The maximum absolute atomic E-state index is 9.18. The lowest BCUT2D eigenvalue weighted by Crippen LogP contribution is -2.29. The monoisotopic (exact) mass is 358 g/mol. The van der Waals surface area contributed by atoms with Gasteiger partial charge in [-0.25, -0.2) is 4.98 Å². The van der Waals surface area contributed by atoms with Crippen LogP contribution in [0.1, 0.15) is 0 Å². The molecule has 2 heterocycles. The van der Waals surface area contributed by atoms with Crippen molar-refractivity contribution in [3.05, 3.63) is 78.4 Å². The SMILES string of the molecule is OB(O)c1ccc(-c2ccc(-c3csc(-c4cccnc4)n3)cc2)cc1. The van der Waals surface area contributed by atoms with Crippen LogP contribution >= 0.6 is 11.3 Å². The second kappa shape index (κ2) is 7.21. The third-order valence-corrected chi connectivity index (χ3v) is 5.03. The van der Waals surface area contributed by atoms with E-state index in [-0.39, 0.29) is 0 Å². The molecule has 0 unspecified atom stereocenters. The first-order chi connectivity index (χ1) is 12.7. The second-order valence-corrected chi connectivity index (χ2v) is 6.71. The lowest BCUT2D eigenvalue weighted by molar-refractivity contribution is 0.426. The average Bonchev–Trinajstić information content (AvgIpc) is 3.19. The van der Waals surface area contributed by atoms with Crippen LogP contribution in [-0.2, 0) is 0 Å². The first-order valence-electron chi connectivity index (χ1n) is 8.13. The van der Waals surface area contributed by atoms with E-state index in [1.165, 1.54) is 0 Å². The molecule has 0 aliphatic heterocycles. The molecule has 0 radical (unpaired) electrons. The normalized spacial score (nSPS) is 10.7. The van der Waals surface area contributed by atoms with Crippen molar-refractivity contribution < 1.29 is 10.0 Å². The van der Waals surface area contributed by atoms with Gasteiger partial charge in [0.1, 0.15) is 5.01 Å². The summed E-state index contributed by atoms with van der Waals surface area (Å²) in [6.07, 6.45) is 3.57. The van der Waals surface area contributed by atoms with Crippen LogP contribution in [0.3, 0.4) is 0 Å². The van der Waals surface area contributed by atoms with E-state index < -0.39 is 7.12 Å². The first kappa shape index (κ1) is 16.7. The molecule has 26 heavy (non-hydrogen) atoms.